The summed E-state index contributed by atoms with van der Waals surface area (Å²) in [6, 6.07) is 7.59. The highest BCUT2D eigenvalue weighted by Gasteiger charge is 2.32. The normalized spacial score (nSPS) is 16.2. The third kappa shape index (κ3) is 3.79. The lowest BCUT2D eigenvalue weighted by molar-refractivity contribution is -0.119. The third-order valence-corrected chi connectivity index (χ3v) is 4.32. The van der Waals surface area contributed by atoms with Crippen molar-refractivity contribution in [2.24, 2.45) is 7.05 Å². The molecular weight excluding hydrogens is 383 g/mol. The van der Waals surface area contributed by atoms with Crippen LogP contribution in [-0.2, 0) is 16.6 Å². The molecule has 1 aromatic carbocycles. The summed E-state index contributed by atoms with van der Waals surface area (Å²) in [5.74, 6) is 0.170. The first-order valence-electron chi connectivity index (χ1n) is 8.77. The number of cyclic esters (lactones) is 1. The van der Waals surface area contributed by atoms with Crippen molar-refractivity contribution in [2.45, 2.75) is 13.0 Å². The topological polar surface area (TPSA) is 115 Å². The molecule has 1 atom stereocenters. The van der Waals surface area contributed by atoms with E-state index in [1.54, 1.807) is 25.2 Å². The van der Waals surface area contributed by atoms with Crippen molar-refractivity contribution in [3.05, 3.63) is 36.1 Å². The SMILES string of the molecule is CC(=O)NC[C@H]1CN(c2ccc(-c3ccc(-c4nnn(C)n4)o3)c(F)c2)C(=O)O1. The minimum Gasteiger partial charge on any atom is -0.453 e. The molecule has 2 aromatic heterocycles. The van der Waals surface area contributed by atoms with Gasteiger partial charge in [0.1, 0.15) is 17.7 Å². The van der Waals surface area contributed by atoms with Crippen molar-refractivity contribution in [2.75, 3.05) is 18.0 Å². The summed E-state index contributed by atoms with van der Waals surface area (Å²) in [5.41, 5.74) is 0.579. The van der Waals surface area contributed by atoms with E-state index in [2.05, 4.69) is 20.7 Å². The number of nitrogens with zero attached hydrogens (tertiary/aromatic N) is 5. The molecule has 10 nitrogen and oxygen atoms in total. The lowest BCUT2D eigenvalue weighted by Gasteiger charge is -2.14. The molecular formula is C18H17FN6O4. The number of nitrogens with one attached hydrogen (secondary N) is 1. The highest BCUT2D eigenvalue weighted by Crippen LogP contribution is 2.31. The van der Waals surface area contributed by atoms with Crippen LogP contribution in [0.15, 0.2) is 34.7 Å². The van der Waals surface area contributed by atoms with E-state index < -0.39 is 18.0 Å². The smallest absolute Gasteiger partial charge is 0.414 e. The van der Waals surface area contributed by atoms with Crippen molar-refractivity contribution < 1.29 is 23.1 Å². The predicted octanol–water partition coefficient (Wildman–Crippen LogP) is 1.74. The minimum absolute atomic E-state index is 0.198. The van der Waals surface area contributed by atoms with E-state index in [4.69, 9.17) is 9.15 Å². The van der Waals surface area contributed by atoms with Crippen molar-refractivity contribution in [1.29, 1.82) is 0 Å². The molecule has 0 saturated carbocycles. The molecule has 1 aliphatic heterocycles. The van der Waals surface area contributed by atoms with Crippen LogP contribution in [0.4, 0.5) is 14.9 Å². The molecule has 2 amide bonds. The van der Waals surface area contributed by atoms with Gasteiger partial charge in [-0.05, 0) is 35.5 Å². The van der Waals surface area contributed by atoms with Crippen LogP contribution < -0.4 is 10.2 Å². The van der Waals surface area contributed by atoms with Crippen LogP contribution in [0, 0.1) is 5.82 Å². The van der Waals surface area contributed by atoms with Gasteiger partial charge in [0.2, 0.25) is 11.7 Å². The number of benzene rings is 1. The maximum Gasteiger partial charge on any atom is 0.414 e. The molecule has 0 unspecified atom stereocenters. The van der Waals surface area contributed by atoms with E-state index in [0.717, 1.165) is 0 Å². The van der Waals surface area contributed by atoms with Crippen molar-refractivity contribution in [1.82, 2.24) is 25.5 Å². The number of amides is 2. The zero-order chi connectivity index (χ0) is 20.5. The second kappa shape index (κ2) is 7.34. The number of ether oxygens (including phenoxy) is 1. The number of aryl methyl sites for hydroxylation is 1. The summed E-state index contributed by atoms with van der Waals surface area (Å²) in [5, 5.41) is 14.2. The van der Waals surface area contributed by atoms with Crippen LogP contribution in [-0.4, -0.2) is 51.4 Å². The molecule has 3 aromatic rings. The number of anilines is 1. The number of furan rings is 1. The second-order valence-electron chi connectivity index (χ2n) is 6.48. The fourth-order valence-corrected chi connectivity index (χ4v) is 2.95. The number of rotatable bonds is 5. The number of aromatic nitrogens is 4. The summed E-state index contributed by atoms with van der Waals surface area (Å²) in [6.45, 7) is 1.79. The monoisotopic (exact) mass is 400 g/mol. The summed E-state index contributed by atoms with van der Waals surface area (Å²) in [7, 11) is 1.63. The van der Waals surface area contributed by atoms with E-state index in [1.165, 1.54) is 28.8 Å². The van der Waals surface area contributed by atoms with Crippen molar-refractivity contribution in [3.63, 3.8) is 0 Å². The zero-order valence-electron chi connectivity index (χ0n) is 15.6. The Kier molecular flexibility index (Phi) is 4.71. The molecule has 29 heavy (non-hydrogen) atoms. The Morgan fingerprint density at radius 3 is 2.79 bits per heavy atom. The van der Waals surface area contributed by atoms with Gasteiger partial charge in [0.15, 0.2) is 5.76 Å². The van der Waals surface area contributed by atoms with E-state index in [9.17, 15) is 14.0 Å². The quantitative estimate of drug-likeness (QED) is 0.693. The Morgan fingerprint density at radius 2 is 2.10 bits per heavy atom. The number of carbonyl (C=O) groups is 2. The highest BCUT2D eigenvalue weighted by atomic mass is 19.1. The number of hydrogen-bond donors (Lipinski definition) is 1. The van der Waals surface area contributed by atoms with Gasteiger partial charge >= 0.3 is 6.09 Å². The summed E-state index contributed by atoms with van der Waals surface area (Å²) in [4.78, 5) is 25.7. The fraction of sp³-hybridized carbons (Fsp3) is 0.278. The highest BCUT2D eigenvalue weighted by molar-refractivity contribution is 5.90. The molecule has 1 N–H and O–H groups in total. The number of hydrogen-bond acceptors (Lipinski definition) is 7. The Labute approximate surface area is 164 Å². The molecule has 1 fully saturated rings. The minimum atomic E-state index is -0.596. The molecule has 0 radical (unpaired) electrons. The van der Waals surface area contributed by atoms with Gasteiger partial charge in [-0.1, -0.05) is 0 Å². The van der Waals surface area contributed by atoms with Gasteiger partial charge in [-0.3, -0.25) is 9.69 Å². The van der Waals surface area contributed by atoms with Gasteiger partial charge in [0.05, 0.1) is 31.4 Å². The number of tetrazole rings is 1. The number of halogens is 1. The predicted molar refractivity (Wildman–Crippen MR) is 98.2 cm³/mol. The average Bonchev–Trinajstić information content (AvgIpc) is 3.39. The molecule has 1 aliphatic rings. The van der Waals surface area contributed by atoms with E-state index in [0.29, 0.717) is 23.0 Å². The van der Waals surface area contributed by atoms with Crippen LogP contribution in [0.5, 0.6) is 0 Å². The van der Waals surface area contributed by atoms with Gasteiger partial charge in [-0.15, -0.1) is 10.2 Å². The molecule has 150 valence electrons. The molecule has 4 rings (SSSR count). The summed E-state index contributed by atoms with van der Waals surface area (Å²) >= 11 is 0. The van der Waals surface area contributed by atoms with Gasteiger partial charge in [-0.25, -0.2) is 9.18 Å². The third-order valence-electron chi connectivity index (χ3n) is 4.32. The maximum absolute atomic E-state index is 14.7. The Morgan fingerprint density at radius 1 is 1.31 bits per heavy atom. The Bertz CT molecular complexity index is 1080. The van der Waals surface area contributed by atoms with Crippen LogP contribution in [0.2, 0.25) is 0 Å². The van der Waals surface area contributed by atoms with Gasteiger partial charge < -0.3 is 14.5 Å². The van der Waals surface area contributed by atoms with Crippen LogP contribution >= 0.6 is 0 Å². The summed E-state index contributed by atoms with van der Waals surface area (Å²) < 4.78 is 25.6. The van der Waals surface area contributed by atoms with Crippen LogP contribution in [0.1, 0.15) is 6.92 Å². The van der Waals surface area contributed by atoms with Crippen molar-refractivity contribution >= 4 is 17.7 Å². The number of carbonyl (C=O) groups excluding carboxylic acids is 2. The molecule has 0 bridgehead atoms. The standard InChI is InChI=1S/C18H17FN6O4/c1-10(26)20-8-12-9-25(18(27)28-12)11-3-4-13(14(19)7-11)15-5-6-16(29-15)17-21-23-24(2)22-17/h3-7,12H,8-9H2,1-2H3,(H,20,26)/t12-/m0/s1. The van der Waals surface area contributed by atoms with Crippen molar-refractivity contribution in [3.8, 4) is 22.9 Å². The summed E-state index contributed by atoms with van der Waals surface area (Å²) in [6.07, 6.45) is -1.09. The first kappa shape index (κ1) is 18.6. The van der Waals surface area contributed by atoms with E-state index in [-0.39, 0.29) is 24.6 Å². The van der Waals surface area contributed by atoms with Gasteiger partial charge in [-0.2, -0.15) is 4.80 Å². The first-order valence-corrected chi connectivity index (χ1v) is 8.77. The lowest BCUT2D eigenvalue weighted by atomic mass is 10.1. The zero-order valence-corrected chi connectivity index (χ0v) is 15.6. The second-order valence-corrected chi connectivity index (χ2v) is 6.48. The van der Waals surface area contributed by atoms with E-state index >= 15 is 0 Å². The van der Waals surface area contributed by atoms with Gasteiger partial charge in [0.25, 0.3) is 0 Å². The molecule has 0 aliphatic carbocycles. The molecule has 1 saturated heterocycles. The molecule has 11 heteroatoms. The van der Waals surface area contributed by atoms with Crippen LogP contribution in [0.25, 0.3) is 22.9 Å². The lowest BCUT2D eigenvalue weighted by Crippen LogP contribution is -2.33. The molecule has 3 heterocycles. The van der Waals surface area contributed by atoms with Gasteiger partial charge in [0, 0.05) is 6.92 Å². The average molecular weight is 400 g/mol. The Hall–Kier alpha value is -3.76. The van der Waals surface area contributed by atoms with Crippen LogP contribution in [0.3, 0.4) is 0 Å². The first-order chi connectivity index (χ1) is 13.9. The molecule has 0 spiro atoms. The van der Waals surface area contributed by atoms with E-state index in [1.807, 2.05) is 0 Å². The maximum atomic E-state index is 14.7. The fourth-order valence-electron chi connectivity index (χ4n) is 2.95. The largest absolute Gasteiger partial charge is 0.453 e. The Balaban J connectivity index is 1.52.